The number of carbonyl (C=O) groups is 1. The smallest absolute Gasteiger partial charge is 0.254 e. The summed E-state index contributed by atoms with van der Waals surface area (Å²) < 4.78 is 5.01. The van der Waals surface area contributed by atoms with Crippen LogP contribution in [0, 0.1) is 11.3 Å². The lowest BCUT2D eigenvalue weighted by Gasteiger charge is -2.44. The van der Waals surface area contributed by atoms with E-state index in [0.717, 1.165) is 59.8 Å². The van der Waals surface area contributed by atoms with Gasteiger partial charge in [-0.2, -0.15) is 0 Å². The molecular weight excluding hydrogens is 436 g/mol. The molecule has 35 heavy (non-hydrogen) atoms. The van der Waals surface area contributed by atoms with Crippen LogP contribution in [0.25, 0.3) is 38.8 Å². The third-order valence-corrected chi connectivity index (χ3v) is 9.33. The Morgan fingerprint density at radius 3 is 2.77 bits per heavy atom. The van der Waals surface area contributed by atoms with Crippen molar-refractivity contribution in [3.63, 3.8) is 0 Å². The topological polar surface area (TPSA) is 71.2 Å². The van der Waals surface area contributed by atoms with Crippen LogP contribution in [-0.4, -0.2) is 26.7 Å². The molecule has 2 aromatic heterocycles. The van der Waals surface area contributed by atoms with Crippen molar-refractivity contribution in [3.05, 3.63) is 52.2 Å². The number of nitrogens with one attached hydrogen (secondary N) is 2. The molecule has 0 bridgehead atoms. The molecule has 1 aliphatic carbocycles. The Labute approximate surface area is 203 Å². The molecule has 4 aliphatic rings. The van der Waals surface area contributed by atoms with Crippen molar-refractivity contribution in [2.75, 3.05) is 6.54 Å². The lowest BCUT2D eigenvalue weighted by molar-refractivity contribution is 0.0852. The molecule has 2 aromatic carbocycles. The van der Waals surface area contributed by atoms with Crippen molar-refractivity contribution in [2.24, 2.45) is 11.3 Å². The Kier molecular flexibility index (Phi) is 3.66. The van der Waals surface area contributed by atoms with Gasteiger partial charge in [0.05, 0.1) is 22.1 Å². The highest BCUT2D eigenvalue weighted by Crippen LogP contribution is 2.56. The second kappa shape index (κ2) is 6.37. The van der Waals surface area contributed by atoms with Gasteiger partial charge in [-0.3, -0.25) is 4.79 Å². The van der Waals surface area contributed by atoms with Crippen LogP contribution in [0.4, 0.5) is 0 Å². The molecule has 6 nitrogen and oxygen atoms in total. The van der Waals surface area contributed by atoms with Crippen molar-refractivity contribution in [1.82, 2.24) is 19.8 Å². The van der Waals surface area contributed by atoms with E-state index in [1.165, 1.54) is 27.9 Å². The summed E-state index contributed by atoms with van der Waals surface area (Å²) in [6.45, 7) is 10.6. The Bertz CT molecular complexity index is 1670. The number of benzene rings is 2. The Morgan fingerprint density at radius 1 is 1.09 bits per heavy atom. The zero-order valence-corrected chi connectivity index (χ0v) is 20.4. The number of allylic oxidation sites excluding steroid dienone is 1. The third kappa shape index (κ3) is 2.26. The van der Waals surface area contributed by atoms with E-state index in [1.807, 2.05) is 0 Å². The molecule has 4 aromatic rings. The summed E-state index contributed by atoms with van der Waals surface area (Å²) in [4.78, 5) is 13.4. The van der Waals surface area contributed by atoms with Gasteiger partial charge in [0.15, 0.2) is 6.23 Å². The van der Waals surface area contributed by atoms with Crippen molar-refractivity contribution in [2.45, 2.75) is 59.0 Å². The highest BCUT2D eigenvalue weighted by Gasteiger charge is 2.45. The minimum absolute atomic E-state index is 0.166. The van der Waals surface area contributed by atoms with E-state index >= 15 is 0 Å². The zero-order chi connectivity index (χ0) is 23.8. The second-order valence-corrected chi connectivity index (χ2v) is 11.6. The molecule has 0 saturated carbocycles. The molecule has 178 valence electrons. The van der Waals surface area contributed by atoms with Crippen LogP contribution in [0.2, 0.25) is 0 Å². The van der Waals surface area contributed by atoms with Crippen LogP contribution < -0.4 is 10.6 Å². The van der Waals surface area contributed by atoms with Gasteiger partial charge in [0.1, 0.15) is 0 Å². The maximum atomic E-state index is 13.4. The zero-order valence-electron chi connectivity index (χ0n) is 20.4. The summed E-state index contributed by atoms with van der Waals surface area (Å²) in [5, 5.41) is 20.8. The van der Waals surface area contributed by atoms with Crippen molar-refractivity contribution < 1.29 is 9.90 Å². The van der Waals surface area contributed by atoms with Gasteiger partial charge in [0.2, 0.25) is 0 Å². The number of para-hydroxylation sites is 1. The van der Waals surface area contributed by atoms with E-state index in [4.69, 9.17) is 0 Å². The standard InChI is InChI=1S/C29H30N4O2/c1-14-7-8-17-19-21-20(27(34)31-28(21)35)18-16-6-4-5-15-13-30-10-12-33(23(15)16)26(18)25(19)32-11-9-29(2,3)22(14)24(17)32/h4-8,14,22,28,30,35H,9-13H2,1-3H3,(H,31,34). The van der Waals surface area contributed by atoms with Crippen molar-refractivity contribution in [3.8, 4) is 0 Å². The molecule has 0 spiro atoms. The van der Waals surface area contributed by atoms with Crippen LogP contribution in [0.1, 0.15) is 72.1 Å². The van der Waals surface area contributed by atoms with Crippen molar-refractivity contribution in [1.29, 1.82) is 0 Å². The predicted octanol–water partition coefficient (Wildman–Crippen LogP) is 4.76. The highest BCUT2D eigenvalue weighted by molar-refractivity contribution is 6.28. The lowest BCUT2D eigenvalue weighted by Crippen LogP contribution is -2.35. The number of aliphatic hydroxyl groups is 1. The van der Waals surface area contributed by atoms with Crippen LogP contribution in [0.5, 0.6) is 0 Å². The summed E-state index contributed by atoms with van der Waals surface area (Å²) in [7, 11) is 0. The molecular formula is C29H30N4O2. The summed E-state index contributed by atoms with van der Waals surface area (Å²) >= 11 is 0. The maximum Gasteiger partial charge on any atom is 0.254 e. The molecule has 3 atom stereocenters. The fraction of sp³-hybridized carbons (Fsp3) is 0.414. The monoisotopic (exact) mass is 466 g/mol. The number of fused-ring (bicyclic) bond motifs is 10. The van der Waals surface area contributed by atoms with Gasteiger partial charge in [-0.25, -0.2) is 0 Å². The average molecular weight is 467 g/mol. The van der Waals surface area contributed by atoms with Crippen molar-refractivity contribution >= 4 is 44.7 Å². The summed E-state index contributed by atoms with van der Waals surface area (Å²) in [6, 6.07) is 6.45. The lowest BCUT2D eigenvalue weighted by atomic mass is 9.65. The first-order valence-corrected chi connectivity index (χ1v) is 12.9. The third-order valence-electron chi connectivity index (χ3n) is 9.33. The number of aromatic nitrogens is 2. The van der Waals surface area contributed by atoms with E-state index in [-0.39, 0.29) is 11.3 Å². The minimum Gasteiger partial charge on any atom is -0.369 e. The summed E-state index contributed by atoms with van der Waals surface area (Å²) in [5.74, 6) is 0.681. The summed E-state index contributed by atoms with van der Waals surface area (Å²) in [6.07, 6.45) is 4.72. The molecule has 6 heteroatoms. The van der Waals surface area contributed by atoms with Gasteiger partial charge < -0.3 is 24.9 Å². The highest BCUT2D eigenvalue weighted by atomic mass is 16.3. The first-order chi connectivity index (χ1) is 16.9. The first kappa shape index (κ1) is 20.1. The molecule has 3 N–H and O–H groups in total. The molecule has 3 aliphatic heterocycles. The van der Waals surface area contributed by atoms with E-state index < -0.39 is 6.23 Å². The van der Waals surface area contributed by atoms with Crippen LogP contribution >= 0.6 is 0 Å². The van der Waals surface area contributed by atoms with E-state index in [0.29, 0.717) is 17.4 Å². The molecule has 0 saturated heterocycles. The average Bonchev–Trinajstić information content (AvgIpc) is 3.35. The van der Waals surface area contributed by atoms with Gasteiger partial charge in [-0.15, -0.1) is 0 Å². The van der Waals surface area contributed by atoms with Crippen LogP contribution in [0.3, 0.4) is 0 Å². The van der Waals surface area contributed by atoms with Crippen LogP contribution in [0.15, 0.2) is 24.3 Å². The Morgan fingerprint density at radius 2 is 1.91 bits per heavy atom. The molecule has 5 heterocycles. The number of hydrogen-bond donors (Lipinski definition) is 3. The van der Waals surface area contributed by atoms with Gasteiger partial charge in [-0.05, 0) is 23.3 Å². The Balaban J connectivity index is 1.68. The predicted molar refractivity (Wildman–Crippen MR) is 138 cm³/mol. The maximum absolute atomic E-state index is 13.4. The summed E-state index contributed by atoms with van der Waals surface area (Å²) in [5.41, 5.74) is 9.05. The quantitative estimate of drug-likeness (QED) is 0.350. The SMILES string of the molecule is CC1C=Cc2c3n(c4c2c2c(c5c6cccc7c6n(c54)CCNC7)C(=O)NC2O)CCC(C)(C)C31. The number of aryl methyl sites for hydroxylation is 1. The molecule has 0 radical (unpaired) electrons. The normalized spacial score (nSPS) is 26.3. The van der Waals surface area contributed by atoms with Gasteiger partial charge in [0.25, 0.3) is 5.91 Å². The van der Waals surface area contributed by atoms with Gasteiger partial charge >= 0.3 is 0 Å². The Hall–Kier alpha value is -3.09. The minimum atomic E-state index is -0.986. The first-order valence-electron chi connectivity index (χ1n) is 12.9. The number of carbonyl (C=O) groups excluding carboxylic acids is 1. The fourth-order valence-electron chi connectivity index (χ4n) is 7.96. The molecule has 8 rings (SSSR count). The largest absolute Gasteiger partial charge is 0.369 e. The van der Waals surface area contributed by atoms with Gasteiger partial charge in [0, 0.05) is 65.1 Å². The number of rotatable bonds is 0. The molecule has 0 fully saturated rings. The number of aliphatic hydroxyl groups excluding tert-OH is 1. The van der Waals surface area contributed by atoms with E-state index in [2.05, 4.69) is 70.9 Å². The van der Waals surface area contributed by atoms with E-state index in [9.17, 15) is 9.90 Å². The molecule has 1 amide bonds. The second-order valence-electron chi connectivity index (χ2n) is 11.6. The fourth-order valence-corrected chi connectivity index (χ4v) is 7.96. The van der Waals surface area contributed by atoms with E-state index in [1.54, 1.807) is 0 Å². The number of nitrogens with zero attached hydrogens (tertiary/aromatic N) is 2. The number of hydrogen-bond acceptors (Lipinski definition) is 3. The van der Waals surface area contributed by atoms with Crippen LogP contribution in [-0.2, 0) is 19.6 Å². The van der Waals surface area contributed by atoms with Gasteiger partial charge in [-0.1, -0.05) is 51.1 Å². The number of amides is 1. The molecule has 3 unspecified atom stereocenters.